The van der Waals surface area contributed by atoms with Gasteiger partial charge in [0.25, 0.3) is 5.91 Å². The first kappa shape index (κ1) is 17.3. The van der Waals surface area contributed by atoms with Crippen LogP contribution < -0.4 is 4.74 Å². The third-order valence-corrected chi connectivity index (χ3v) is 4.03. The second kappa shape index (κ2) is 6.74. The molecule has 1 aliphatic rings. The molecular weight excluding hydrogens is 328 g/mol. The molecular formula is C18H19F2N3O2. The summed E-state index contributed by atoms with van der Waals surface area (Å²) < 4.78 is 32.3. The summed E-state index contributed by atoms with van der Waals surface area (Å²) in [6.07, 6.45) is 2.48. The molecule has 1 amide bonds. The summed E-state index contributed by atoms with van der Waals surface area (Å²) in [6.45, 7) is 4.79. The molecule has 0 fully saturated rings. The number of ether oxygens (including phenoxy) is 1. The van der Waals surface area contributed by atoms with Gasteiger partial charge in [0.15, 0.2) is 17.4 Å². The minimum atomic E-state index is -0.901. The van der Waals surface area contributed by atoms with E-state index < -0.39 is 23.3 Å². The molecule has 1 aromatic carbocycles. The van der Waals surface area contributed by atoms with Gasteiger partial charge in [0.05, 0.1) is 19.3 Å². The highest BCUT2D eigenvalue weighted by Crippen LogP contribution is 2.26. The van der Waals surface area contributed by atoms with E-state index in [1.165, 1.54) is 12.0 Å². The lowest BCUT2D eigenvalue weighted by atomic mass is 10.1. The number of amides is 1. The van der Waals surface area contributed by atoms with Crippen molar-refractivity contribution in [2.24, 2.45) is 5.92 Å². The summed E-state index contributed by atoms with van der Waals surface area (Å²) in [5.41, 5.74) is 1.59. The van der Waals surface area contributed by atoms with E-state index >= 15 is 0 Å². The van der Waals surface area contributed by atoms with Crippen LogP contribution in [-0.4, -0.2) is 27.9 Å². The zero-order valence-corrected chi connectivity index (χ0v) is 14.3. The van der Waals surface area contributed by atoms with Crippen molar-refractivity contribution in [1.29, 1.82) is 0 Å². The second-order valence-corrected chi connectivity index (χ2v) is 6.49. The monoisotopic (exact) mass is 347 g/mol. The molecule has 2 aromatic rings. The average Bonchev–Trinajstić information content (AvgIpc) is 2.96. The summed E-state index contributed by atoms with van der Waals surface area (Å²) in [5.74, 6) is -1.58. The van der Waals surface area contributed by atoms with E-state index in [0.29, 0.717) is 19.0 Å². The predicted octanol–water partition coefficient (Wildman–Crippen LogP) is 3.12. The molecule has 132 valence electrons. The summed E-state index contributed by atoms with van der Waals surface area (Å²) in [6, 6.07) is 1.98. The van der Waals surface area contributed by atoms with Crippen molar-refractivity contribution in [2.75, 3.05) is 7.11 Å². The molecule has 3 rings (SSSR count). The number of fused-ring (bicyclic) bond motifs is 1. The molecule has 25 heavy (non-hydrogen) atoms. The first-order valence-corrected chi connectivity index (χ1v) is 8.05. The van der Waals surface area contributed by atoms with Gasteiger partial charge in [0, 0.05) is 30.3 Å². The van der Waals surface area contributed by atoms with Crippen LogP contribution in [0.4, 0.5) is 8.78 Å². The Bertz CT molecular complexity index is 801. The molecule has 5 nitrogen and oxygen atoms in total. The maximum Gasteiger partial charge on any atom is 0.254 e. The number of halogens is 2. The Hall–Kier alpha value is -2.57. The summed E-state index contributed by atoms with van der Waals surface area (Å²) in [5, 5.41) is 0. The number of carbonyl (C=O) groups excluding carboxylic acids is 1. The molecule has 0 atom stereocenters. The first-order valence-electron chi connectivity index (χ1n) is 8.05. The van der Waals surface area contributed by atoms with Gasteiger partial charge >= 0.3 is 0 Å². The Labute approximate surface area is 144 Å². The van der Waals surface area contributed by atoms with Crippen molar-refractivity contribution in [3.63, 3.8) is 0 Å². The van der Waals surface area contributed by atoms with E-state index in [2.05, 4.69) is 28.6 Å². The number of rotatable bonds is 4. The minimum Gasteiger partial charge on any atom is -0.491 e. The number of carbonyl (C=O) groups is 1. The lowest BCUT2D eigenvalue weighted by Gasteiger charge is -2.15. The fourth-order valence-corrected chi connectivity index (χ4v) is 2.86. The Balaban J connectivity index is 1.81. The molecule has 7 heteroatoms. The quantitative estimate of drug-likeness (QED) is 0.853. The lowest BCUT2D eigenvalue weighted by molar-refractivity contribution is 0.0749. The number of nitrogens with zero attached hydrogens (tertiary/aromatic N) is 3. The van der Waals surface area contributed by atoms with Gasteiger partial charge in [0.1, 0.15) is 5.82 Å². The van der Waals surface area contributed by atoms with E-state index in [0.717, 1.165) is 35.6 Å². The highest BCUT2D eigenvalue weighted by Gasteiger charge is 2.27. The van der Waals surface area contributed by atoms with E-state index in [4.69, 9.17) is 0 Å². The summed E-state index contributed by atoms with van der Waals surface area (Å²) >= 11 is 0. The molecule has 0 saturated heterocycles. The fourth-order valence-electron chi connectivity index (χ4n) is 2.86. The Morgan fingerprint density at radius 2 is 1.96 bits per heavy atom. The van der Waals surface area contributed by atoms with Crippen molar-refractivity contribution >= 4 is 5.91 Å². The molecule has 1 aliphatic heterocycles. The van der Waals surface area contributed by atoms with Crippen molar-refractivity contribution in [3.05, 3.63) is 52.6 Å². The third-order valence-electron chi connectivity index (χ3n) is 4.03. The smallest absolute Gasteiger partial charge is 0.254 e. The molecule has 0 saturated carbocycles. The van der Waals surface area contributed by atoms with E-state index in [9.17, 15) is 13.6 Å². The van der Waals surface area contributed by atoms with Crippen LogP contribution in [0.3, 0.4) is 0 Å². The van der Waals surface area contributed by atoms with E-state index in [1.54, 1.807) is 6.20 Å². The molecule has 0 aliphatic carbocycles. The van der Waals surface area contributed by atoms with Crippen LogP contribution in [0, 0.1) is 17.6 Å². The molecule has 0 bridgehead atoms. The highest BCUT2D eigenvalue weighted by molar-refractivity contribution is 5.94. The van der Waals surface area contributed by atoms with Crippen LogP contribution in [0.5, 0.6) is 5.75 Å². The lowest BCUT2D eigenvalue weighted by Crippen LogP contribution is -2.25. The highest BCUT2D eigenvalue weighted by atomic mass is 19.1. The van der Waals surface area contributed by atoms with Gasteiger partial charge in [-0.1, -0.05) is 13.8 Å². The van der Waals surface area contributed by atoms with Gasteiger partial charge in [0.2, 0.25) is 0 Å². The van der Waals surface area contributed by atoms with E-state index in [1.807, 2.05) is 0 Å². The third kappa shape index (κ3) is 3.45. The summed E-state index contributed by atoms with van der Waals surface area (Å²) in [7, 11) is 1.17. The van der Waals surface area contributed by atoms with Gasteiger partial charge in [-0.3, -0.25) is 4.79 Å². The van der Waals surface area contributed by atoms with Crippen LogP contribution in [0.1, 0.15) is 41.3 Å². The van der Waals surface area contributed by atoms with Gasteiger partial charge < -0.3 is 9.64 Å². The van der Waals surface area contributed by atoms with Gasteiger partial charge in [-0.25, -0.2) is 18.7 Å². The molecule has 1 aromatic heterocycles. The Kier molecular flexibility index (Phi) is 4.65. The maximum absolute atomic E-state index is 13.8. The van der Waals surface area contributed by atoms with Crippen LogP contribution in [0.25, 0.3) is 0 Å². The average molecular weight is 347 g/mol. The van der Waals surface area contributed by atoms with Crippen LogP contribution in [0.15, 0.2) is 18.3 Å². The van der Waals surface area contributed by atoms with Gasteiger partial charge in [-0.15, -0.1) is 0 Å². The molecule has 0 radical (unpaired) electrons. The zero-order chi connectivity index (χ0) is 18.1. The van der Waals surface area contributed by atoms with Crippen LogP contribution in [-0.2, 0) is 19.5 Å². The van der Waals surface area contributed by atoms with Crippen molar-refractivity contribution in [3.8, 4) is 5.75 Å². The normalized spacial score (nSPS) is 13.3. The van der Waals surface area contributed by atoms with E-state index in [-0.39, 0.29) is 5.56 Å². The van der Waals surface area contributed by atoms with Gasteiger partial charge in [-0.2, -0.15) is 0 Å². The molecule has 0 N–H and O–H groups in total. The molecule has 0 unspecified atom stereocenters. The second-order valence-electron chi connectivity index (χ2n) is 6.49. The SMILES string of the molecule is COc1c(F)cc(C(=O)N2Cc3cnc(CC(C)C)nc3C2)cc1F. The number of benzene rings is 1. The summed E-state index contributed by atoms with van der Waals surface area (Å²) in [4.78, 5) is 22.9. The van der Waals surface area contributed by atoms with Crippen LogP contribution in [0.2, 0.25) is 0 Å². The Morgan fingerprint density at radius 1 is 1.28 bits per heavy atom. The predicted molar refractivity (Wildman–Crippen MR) is 87.1 cm³/mol. The minimum absolute atomic E-state index is 0.0565. The number of methoxy groups -OCH3 is 1. The van der Waals surface area contributed by atoms with Crippen molar-refractivity contribution in [1.82, 2.24) is 14.9 Å². The standard InChI is InChI=1S/C18H19F2N3O2/c1-10(2)4-16-21-7-12-8-23(9-15(12)22-16)18(24)11-5-13(19)17(25-3)14(20)6-11/h5-7,10H,4,8-9H2,1-3H3. The van der Waals surface area contributed by atoms with Crippen LogP contribution >= 0.6 is 0 Å². The fraction of sp³-hybridized carbons (Fsp3) is 0.389. The molecule has 2 heterocycles. The number of hydrogen-bond donors (Lipinski definition) is 0. The topological polar surface area (TPSA) is 55.3 Å². The largest absolute Gasteiger partial charge is 0.491 e. The van der Waals surface area contributed by atoms with Gasteiger partial charge in [-0.05, 0) is 18.1 Å². The first-order chi connectivity index (χ1) is 11.9. The van der Waals surface area contributed by atoms with Crippen molar-refractivity contribution in [2.45, 2.75) is 33.4 Å². The Morgan fingerprint density at radius 3 is 2.56 bits per heavy atom. The maximum atomic E-state index is 13.8. The molecule has 0 spiro atoms. The number of aromatic nitrogens is 2. The number of hydrogen-bond acceptors (Lipinski definition) is 4. The zero-order valence-electron chi connectivity index (χ0n) is 14.3. The van der Waals surface area contributed by atoms with Crippen molar-refractivity contribution < 1.29 is 18.3 Å².